The number of nitrogens with one attached hydrogen (secondary N) is 1. The minimum Gasteiger partial charge on any atom is -0.369 e. The Morgan fingerprint density at radius 1 is 1.55 bits per heavy atom. The fourth-order valence-electron chi connectivity index (χ4n) is 1.16. The van der Waals surface area contributed by atoms with E-state index in [4.69, 9.17) is 0 Å². The molecule has 11 heavy (non-hydrogen) atoms. The zero-order valence-corrected chi connectivity index (χ0v) is 7.17. The molecule has 0 aromatic carbocycles. The molecule has 0 saturated heterocycles. The van der Waals surface area contributed by atoms with Crippen LogP contribution < -0.4 is 4.90 Å². The van der Waals surface area contributed by atoms with Crippen molar-refractivity contribution in [2.75, 3.05) is 18.0 Å². The van der Waals surface area contributed by atoms with Gasteiger partial charge in [-0.2, -0.15) is 5.10 Å². The number of aromatic nitrogens is 2. The lowest BCUT2D eigenvalue weighted by Gasteiger charge is -2.19. The Labute approximate surface area is 67.4 Å². The molecule has 0 aliphatic heterocycles. The van der Waals surface area contributed by atoms with E-state index in [1.165, 1.54) is 12.1 Å². The van der Waals surface area contributed by atoms with Crippen LogP contribution in [0.4, 0.5) is 5.69 Å². The average Bonchev–Trinajstić information content (AvgIpc) is 2.52. The predicted octanol–water partition coefficient (Wildman–Crippen LogP) is 1.65. The lowest BCUT2D eigenvalue weighted by atomic mass is 10.4. The lowest BCUT2D eigenvalue weighted by molar-refractivity contribution is 0.792. The highest BCUT2D eigenvalue weighted by Gasteiger charge is 2.01. The Balaban J connectivity index is 2.56. The zero-order valence-electron chi connectivity index (χ0n) is 7.17. The van der Waals surface area contributed by atoms with Crippen molar-refractivity contribution < 1.29 is 0 Å². The molecule has 0 atom stereocenters. The zero-order chi connectivity index (χ0) is 8.10. The van der Waals surface area contributed by atoms with Gasteiger partial charge in [0, 0.05) is 19.3 Å². The molecule has 1 N–H and O–H groups in total. The first-order chi connectivity index (χ1) is 5.38. The van der Waals surface area contributed by atoms with Gasteiger partial charge in [0.1, 0.15) is 0 Å². The summed E-state index contributed by atoms with van der Waals surface area (Å²) in [7, 11) is 0. The summed E-state index contributed by atoms with van der Waals surface area (Å²) in [4.78, 5) is 2.30. The summed E-state index contributed by atoms with van der Waals surface area (Å²) in [5.74, 6) is 0. The van der Waals surface area contributed by atoms with Crippen LogP contribution in [0.1, 0.15) is 20.3 Å². The maximum absolute atomic E-state index is 3.91. The van der Waals surface area contributed by atoms with E-state index in [2.05, 4.69) is 28.9 Å². The van der Waals surface area contributed by atoms with Gasteiger partial charge in [-0.25, -0.2) is 0 Å². The van der Waals surface area contributed by atoms with Gasteiger partial charge in [0.05, 0.1) is 11.9 Å². The third kappa shape index (κ3) is 1.97. The van der Waals surface area contributed by atoms with Crippen LogP contribution >= 0.6 is 0 Å². The van der Waals surface area contributed by atoms with Crippen molar-refractivity contribution in [1.82, 2.24) is 10.2 Å². The predicted molar refractivity (Wildman–Crippen MR) is 46.8 cm³/mol. The first-order valence-electron chi connectivity index (χ1n) is 4.12. The van der Waals surface area contributed by atoms with Crippen molar-refractivity contribution in [3.05, 3.63) is 12.4 Å². The number of hydrogen-bond donors (Lipinski definition) is 1. The summed E-state index contributed by atoms with van der Waals surface area (Å²) in [5, 5.41) is 6.72. The van der Waals surface area contributed by atoms with Gasteiger partial charge < -0.3 is 4.90 Å². The van der Waals surface area contributed by atoms with E-state index in [9.17, 15) is 0 Å². The molecule has 0 aliphatic carbocycles. The lowest BCUT2D eigenvalue weighted by Crippen LogP contribution is -2.22. The molecule has 0 aliphatic rings. The summed E-state index contributed by atoms with van der Waals surface area (Å²) >= 11 is 0. The first-order valence-corrected chi connectivity index (χ1v) is 4.12. The molecular weight excluding hydrogens is 138 g/mol. The molecule has 1 aromatic heterocycles. The highest BCUT2D eigenvalue weighted by molar-refractivity contribution is 5.41. The topological polar surface area (TPSA) is 31.9 Å². The molecule has 0 spiro atoms. The Bertz CT molecular complexity index is 181. The minimum absolute atomic E-state index is 1.05. The van der Waals surface area contributed by atoms with Crippen LogP contribution in [0.3, 0.4) is 0 Å². The second-order valence-corrected chi connectivity index (χ2v) is 2.54. The standard InChI is InChI=1S/C8H15N3/c1-3-5-11(4-2)8-6-9-10-7-8/h6-7H,3-5H2,1-2H3,(H,9,10). The number of anilines is 1. The SMILES string of the molecule is CCCN(CC)c1cn[nH]c1. The highest BCUT2D eigenvalue weighted by Crippen LogP contribution is 2.09. The third-order valence-electron chi connectivity index (χ3n) is 1.72. The van der Waals surface area contributed by atoms with E-state index in [1.807, 2.05) is 12.4 Å². The molecule has 1 heterocycles. The van der Waals surface area contributed by atoms with Crippen molar-refractivity contribution >= 4 is 5.69 Å². The normalized spacial score (nSPS) is 10.0. The summed E-state index contributed by atoms with van der Waals surface area (Å²) in [6.45, 7) is 6.49. The van der Waals surface area contributed by atoms with Gasteiger partial charge in [-0.3, -0.25) is 5.10 Å². The number of H-pyrrole nitrogens is 1. The number of nitrogens with zero attached hydrogens (tertiary/aromatic N) is 2. The quantitative estimate of drug-likeness (QED) is 0.713. The summed E-state index contributed by atoms with van der Waals surface area (Å²) in [5.41, 5.74) is 1.19. The Kier molecular flexibility index (Phi) is 2.95. The Morgan fingerprint density at radius 2 is 2.36 bits per heavy atom. The molecule has 0 amide bonds. The molecule has 0 saturated carbocycles. The minimum atomic E-state index is 1.05. The molecule has 1 rings (SSSR count). The first kappa shape index (κ1) is 8.11. The summed E-state index contributed by atoms with van der Waals surface area (Å²) in [6, 6.07) is 0. The third-order valence-corrected chi connectivity index (χ3v) is 1.72. The molecule has 1 aromatic rings. The largest absolute Gasteiger partial charge is 0.369 e. The van der Waals surface area contributed by atoms with Gasteiger partial charge in [0.25, 0.3) is 0 Å². The van der Waals surface area contributed by atoms with Gasteiger partial charge in [-0.1, -0.05) is 6.92 Å². The van der Waals surface area contributed by atoms with Gasteiger partial charge >= 0.3 is 0 Å². The molecule has 3 heteroatoms. The van der Waals surface area contributed by atoms with Gasteiger partial charge in [-0.05, 0) is 13.3 Å². The molecule has 3 nitrogen and oxygen atoms in total. The van der Waals surface area contributed by atoms with E-state index < -0.39 is 0 Å². The molecule has 0 bridgehead atoms. The maximum Gasteiger partial charge on any atom is 0.0749 e. The monoisotopic (exact) mass is 153 g/mol. The average molecular weight is 153 g/mol. The molecule has 0 radical (unpaired) electrons. The van der Waals surface area contributed by atoms with Crippen LogP contribution in [0.25, 0.3) is 0 Å². The summed E-state index contributed by atoms with van der Waals surface area (Å²) < 4.78 is 0. The summed E-state index contributed by atoms with van der Waals surface area (Å²) in [6.07, 6.45) is 4.97. The molecule has 62 valence electrons. The fraction of sp³-hybridized carbons (Fsp3) is 0.625. The highest BCUT2D eigenvalue weighted by atomic mass is 15.2. The second-order valence-electron chi connectivity index (χ2n) is 2.54. The smallest absolute Gasteiger partial charge is 0.0749 e. The van der Waals surface area contributed by atoms with E-state index >= 15 is 0 Å². The van der Waals surface area contributed by atoms with Crippen molar-refractivity contribution in [2.45, 2.75) is 20.3 Å². The van der Waals surface area contributed by atoms with Crippen LogP contribution in [0.2, 0.25) is 0 Å². The number of hydrogen-bond acceptors (Lipinski definition) is 2. The van der Waals surface area contributed by atoms with Crippen molar-refractivity contribution in [1.29, 1.82) is 0 Å². The van der Waals surface area contributed by atoms with E-state index in [1.54, 1.807) is 0 Å². The van der Waals surface area contributed by atoms with Crippen molar-refractivity contribution in [3.8, 4) is 0 Å². The van der Waals surface area contributed by atoms with Gasteiger partial charge in [-0.15, -0.1) is 0 Å². The molecule has 0 unspecified atom stereocenters. The van der Waals surface area contributed by atoms with Crippen LogP contribution in [0.5, 0.6) is 0 Å². The molecule has 0 fully saturated rings. The maximum atomic E-state index is 3.91. The van der Waals surface area contributed by atoms with E-state index in [-0.39, 0.29) is 0 Å². The van der Waals surface area contributed by atoms with Gasteiger partial charge in [0.2, 0.25) is 0 Å². The van der Waals surface area contributed by atoms with E-state index in [0.29, 0.717) is 0 Å². The molecular formula is C8H15N3. The van der Waals surface area contributed by atoms with Crippen LogP contribution in [0, 0.1) is 0 Å². The van der Waals surface area contributed by atoms with Crippen LogP contribution in [0.15, 0.2) is 12.4 Å². The van der Waals surface area contributed by atoms with Crippen LogP contribution in [-0.4, -0.2) is 23.3 Å². The van der Waals surface area contributed by atoms with Crippen molar-refractivity contribution in [3.63, 3.8) is 0 Å². The van der Waals surface area contributed by atoms with Crippen molar-refractivity contribution in [2.24, 2.45) is 0 Å². The Morgan fingerprint density at radius 3 is 2.82 bits per heavy atom. The second kappa shape index (κ2) is 4.01. The fourth-order valence-corrected chi connectivity index (χ4v) is 1.16. The van der Waals surface area contributed by atoms with E-state index in [0.717, 1.165) is 13.1 Å². The van der Waals surface area contributed by atoms with Gasteiger partial charge in [0.15, 0.2) is 0 Å². The number of rotatable bonds is 4. The van der Waals surface area contributed by atoms with Crippen LogP contribution in [-0.2, 0) is 0 Å². The Hall–Kier alpha value is -0.990. The number of aromatic amines is 1.